The summed E-state index contributed by atoms with van der Waals surface area (Å²) < 4.78 is 0. The minimum Gasteiger partial charge on any atom is -0.371 e. The quantitative estimate of drug-likeness (QED) is 0.550. The number of fused-ring (bicyclic) bond motifs is 1. The lowest BCUT2D eigenvalue weighted by Gasteiger charge is -2.31. The van der Waals surface area contributed by atoms with Crippen molar-refractivity contribution in [1.29, 1.82) is 0 Å². The van der Waals surface area contributed by atoms with Crippen molar-refractivity contribution in [2.24, 2.45) is 11.8 Å². The van der Waals surface area contributed by atoms with Gasteiger partial charge in [0.1, 0.15) is 0 Å². The van der Waals surface area contributed by atoms with Crippen LogP contribution in [-0.2, 0) is 9.59 Å². The van der Waals surface area contributed by atoms with Crippen molar-refractivity contribution in [3.05, 3.63) is 65.7 Å². The zero-order chi connectivity index (χ0) is 22.9. The minimum absolute atomic E-state index is 0.162. The van der Waals surface area contributed by atoms with Gasteiger partial charge in [0.05, 0.1) is 23.1 Å². The molecule has 2 atom stereocenters. The van der Waals surface area contributed by atoms with Gasteiger partial charge in [0.15, 0.2) is 0 Å². The van der Waals surface area contributed by atoms with Gasteiger partial charge in [-0.05, 0) is 69.4 Å². The van der Waals surface area contributed by atoms with E-state index in [1.54, 1.807) is 6.07 Å². The van der Waals surface area contributed by atoms with E-state index in [-0.39, 0.29) is 29.6 Å². The number of benzene rings is 2. The molecular weight excluding hydrogens is 414 g/mol. The molecule has 33 heavy (non-hydrogen) atoms. The molecule has 3 amide bonds. The Labute approximate surface area is 194 Å². The Morgan fingerprint density at radius 2 is 1.52 bits per heavy atom. The van der Waals surface area contributed by atoms with Crippen LogP contribution in [0.3, 0.4) is 0 Å². The van der Waals surface area contributed by atoms with Crippen molar-refractivity contribution >= 4 is 34.8 Å². The molecule has 1 N–H and O–H groups in total. The van der Waals surface area contributed by atoms with E-state index in [2.05, 4.69) is 10.2 Å². The lowest BCUT2D eigenvalue weighted by molar-refractivity contribution is -0.122. The number of amides is 3. The van der Waals surface area contributed by atoms with E-state index in [0.29, 0.717) is 29.8 Å². The fourth-order valence-corrected chi connectivity index (χ4v) is 5.15. The summed E-state index contributed by atoms with van der Waals surface area (Å²) in [5.41, 5.74) is 3.65. The van der Waals surface area contributed by atoms with Gasteiger partial charge in [0, 0.05) is 24.5 Å². The molecule has 5 rings (SSSR count). The molecule has 6 heteroatoms. The van der Waals surface area contributed by atoms with E-state index in [1.807, 2.05) is 55.5 Å². The zero-order valence-corrected chi connectivity index (χ0v) is 18.9. The van der Waals surface area contributed by atoms with E-state index in [4.69, 9.17) is 0 Å². The van der Waals surface area contributed by atoms with Gasteiger partial charge < -0.3 is 10.2 Å². The van der Waals surface area contributed by atoms with Crippen LogP contribution in [0.4, 0.5) is 17.1 Å². The number of carbonyl (C=O) groups excluding carboxylic acids is 3. The second kappa shape index (κ2) is 8.85. The maximum absolute atomic E-state index is 13.4. The van der Waals surface area contributed by atoms with Crippen LogP contribution >= 0.6 is 0 Å². The molecule has 2 heterocycles. The second-order valence-electron chi connectivity index (χ2n) is 9.24. The van der Waals surface area contributed by atoms with Crippen molar-refractivity contribution < 1.29 is 14.4 Å². The lowest BCUT2D eigenvalue weighted by atomic mass is 9.85. The molecule has 2 aromatic rings. The van der Waals surface area contributed by atoms with Gasteiger partial charge in [-0.2, -0.15) is 0 Å². The molecule has 0 saturated carbocycles. The van der Waals surface area contributed by atoms with Crippen LogP contribution in [0.25, 0.3) is 0 Å². The summed E-state index contributed by atoms with van der Waals surface area (Å²) in [6.07, 6.45) is 8.51. The number of imide groups is 1. The molecule has 3 aliphatic rings. The first-order chi connectivity index (χ1) is 16.0. The Bertz CT molecular complexity index is 1090. The fraction of sp³-hybridized carbons (Fsp3) is 0.370. The Morgan fingerprint density at radius 3 is 2.15 bits per heavy atom. The Hall–Kier alpha value is -3.41. The maximum Gasteiger partial charge on any atom is 0.257 e. The standard InChI is InChI=1S/C27H29N3O3/c1-18-9-11-19(12-10-18)28-25(31)23-17-20(13-14-24(23)29-15-5-2-6-16-29)30-26(32)21-7-3-4-8-22(21)27(30)33/h3-4,9-14,17,21-22H,2,5-8,15-16H2,1H3,(H,28,31). The van der Waals surface area contributed by atoms with Gasteiger partial charge in [-0.15, -0.1) is 0 Å². The summed E-state index contributed by atoms with van der Waals surface area (Å²) in [7, 11) is 0. The van der Waals surface area contributed by atoms with Crippen molar-refractivity contribution in [2.75, 3.05) is 28.2 Å². The van der Waals surface area contributed by atoms with Crippen molar-refractivity contribution in [1.82, 2.24) is 0 Å². The third-order valence-corrected chi connectivity index (χ3v) is 7.00. The summed E-state index contributed by atoms with van der Waals surface area (Å²) >= 11 is 0. The van der Waals surface area contributed by atoms with E-state index in [1.165, 1.54) is 11.3 Å². The summed E-state index contributed by atoms with van der Waals surface area (Å²) in [6.45, 7) is 3.78. The number of carbonyl (C=O) groups is 3. The molecule has 170 valence electrons. The number of allylic oxidation sites excluding steroid dienone is 2. The number of hydrogen-bond acceptors (Lipinski definition) is 4. The molecule has 2 saturated heterocycles. The van der Waals surface area contributed by atoms with Gasteiger partial charge in [-0.3, -0.25) is 19.3 Å². The van der Waals surface area contributed by atoms with E-state index >= 15 is 0 Å². The molecule has 0 radical (unpaired) electrons. The smallest absolute Gasteiger partial charge is 0.257 e. The van der Waals surface area contributed by atoms with Crippen molar-refractivity contribution in [3.8, 4) is 0 Å². The van der Waals surface area contributed by atoms with Crippen molar-refractivity contribution in [2.45, 2.75) is 39.0 Å². The predicted molar refractivity (Wildman–Crippen MR) is 129 cm³/mol. The monoisotopic (exact) mass is 443 g/mol. The number of aryl methyl sites for hydroxylation is 1. The number of nitrogens with zero attached hydrogens (tertiary/aromatic N) is 2. The highest BCUT2D eigenvalue weighted by atomic mass is 16.2. The Morgan fingerprint density at radius 1 is 0.879 bits per heavy atom. The average Bonchev–Trinajstić information content (AvgIpc) is 3.11. The van der Waals surface area contributed by atoms with Gasteiger partial charge >= 0.3 is 0 Å². The van der Waals surface area contributed by atoms with Crippen LogP contribution in [0.2, 0.25) is 0 Å². The summed E-state index contributed by atoms with van der Waals surface area (Å²) in [5, 5.41) is 2.99. The van der Waals surface area contributed by atoms with E-state index in [9.17, 15) is 14.4 Å². The second-order valence-corrected chi connectivity index (χ2v) is 9.24. The largest absolute Gasteiger partial charge is 0.371 e. The summed E-state index contributed by atoms with van der Waals surface area (Å²) in [5.74, 6) is -1.16. The molecular formula is C27H29N3O3. The van der Waals surface area contributed by atoms with Gasteiger partial charge in [-0.1, -0.05) is 29.8 Å². The number of hydrogen-bond donors (Lipinski definition) is 1. The molecule has 6 nitrogen and oxygen atoms in total. The van der Waals surface area contributed by atoms with Gasteiger partial charge in [0.25, 0.3) is 5.91 Å². The topological polar surface area (TPSA) is 69.7 Å². The SMILES string of the molecule is Cc1ccc(NC(=O)c2cc(N3C(=O)C4CC=CCC4C3=O)ccc2N2CCCCC2)cc1. The third-order valence-electron chi connectivity index (χ3n) is 7.00. The summed E-state index contributed by atoms with van der Waals surface area (Å²) in [6, 6.07) is 13.1. The average molecular weight is 444 g/mol. The highest BCUT2D eigenvalue weighted by molar-refractivity contribution is 6.23. The first kappa shape index (κ1) is 21.4. The molecule has 2 aromatic carbocycles. The summed E-state index contributed by atoms with van der Waals surface area (Å²) in [4.78, 5) is 43.1. The highest BCUT2D eigenvalue weighted by Gasteiger charge is 2.48. The molecule has 2 aliphatic heterocycles. The lowest BCUT2D eigenvalue weighted by Crippen LogP contribution is -2.33. The van der Waals surface area contributed by atoms with E-state index < -0.39 is 0 Å². The molecule has 0 spiro atoms. The van der Waals surface area contributed by atoms with E-state index in [0.717, 1.165) is 37.2 Å². The van der Waals surface area contributed by atoms with Gasteiger partial charge in [0.2, 0.25) is 11.8 Å². The zero-order valence-electron chi connectivity index (χ0n) is 18.9. The van der Waals surface area contributed by atoms with Crippen LogP contribution in [0.5, 0.6) is 0 Å². The number of anilines is 3. The Kier molecular flexibility index (Phi) is 5.75. The van der Waals surface area contributed by atoms with Crippen LogP contribution < -0.4 is 15.1 Å². The predicted octanol–water partition coefficient (Wildman–Crippen LogP) is 4.69. The minimum atomic E-state index is -0.297. The molecule has 1 aliphatic carbocycles. The molecule has 2 unspecified atom stereocenters. The van der Waals surface area contributed by atoms with Gasteiger partial charge in [-0.25, -0.2) is 0 Å². The first-order valence-corrected chi connectivity index (χ1v) is 11.8. The van der Waals surface area contributed by atoms with Crippen LogP contribution in [0.1, 0.15) is 48.0 Å². The van der Waals surface area contributed by atoms with Crippen LogP contribution in [0.15, 0.2) is 54.6 Å². The molecule has 0 bridgehead atoms. The number of nitrogens with one attached hydrogen (secondary N) is 1. The number of piperidine rings is 1. The highest BCUT2D eigenvalue weighted by Crippen LogP contribution is 2.39. The van der Waals surface area contributed by atoms with Crippen LogP contribution in [-0.4, -0.2) is 30.8 Å². The normalized spacial score (nSPS) is 22.5. The van der Waals surface area contributed by atoms with Crippen molar-refractivity contribution in [3.63, 3.8) is 0 Å². The van der Waals surface area contributed by atoms with Crippen LogP contribution in [0, 0.1) is 18.8 Å². The Balaban J connectivity index is 1.50. The first-order valence-electron chi connectivity index (χ1n) is 11.8. The number of rotatable bonds is 4. The maximum atomic E-state index is 13.4. The molecule has 0 aromatic heterocycles. The third kappa shape index (κ3) is 4.06. The molecule has 2 fully saturated rings. The fourth-order valence-electron chi connectivity index (χ4n) is 5.15.